The first-order chi connectivity index (χ1) is 8.86. The maximum absolute atomic E-state index is 12.1. The molecule has 0 bridgehead atoms. The molecule has 0 aliphatic rings. The smallest absolute Gasteiger partial charge is 0.383 e. The number of pyridine rings is 1. The molecule has 3 aromatic rings. The van der Waals surface area contributed by atoms with E-state index in [1.54, 1.807) is 24.5 Å². The number of hydrogen-bond acceptors (Lipinski definition) is 4. The van der Waals surface area contributed by atoms with Crippen molar-refractivity contribution in [1.29, 1.82) is 0 Å². The van der Waals surface area contributed by atoms with Gasteiger partial charge in [0.05, 0.1) is 11.1 Å². The molecule has 0 saturated carbocycles. The molecule has 18 heavy (non-hydrogen) atoms. The van der Waals surface area contributed by atoms with Crippen molar-refractivity contribution >= 4 is 0 Å². The van der Waals surface area contributed by atoms with Gasteiger partial charge in [-0.3, -0.25) is 4.98 Å². The van der Waals surface area contributed by atoms with Gasteiger partial charge in [0.1, 0.15) is 0 Å². The van der Waals surface area contributed by atoms with Gasteiger partial charge in [-0.15, -0.1) is 0 Å². The Morgan fingerprint density at radius 1 is 0.944 bits per heavy atom. The molecule has 2 heterocycles. The van der Waals surface area contributed by atoms with Gasteiger partial charge in [0, 0.05) is 12.4 Å². The van der Waals surface area contributed by atoms with Gasteiger partial charge in [-0.2, -0.15) is 4.73 Å². The topological polar surface area (TPSA) is 65.9 Å². The number of nitrogens with zero attached hydrogens (tertiary/aromatic N) is 3. The first-order valence-corrected chi connectivity index (χ1v) is 5.41. The van der Waals surface area contributed by atoms with Crippen molar-refractivity contribution in [2.45, 2.75) is 0 Å². The Labute approximate surface area is 103 Å². The second-order valence-corrected chi connectivity index (χ2v) is 3.71. The van der Waals surface area contributed by atoms with E-state index in [-0.39, 0.29) is 11.7 Å². The molecule has 3 rings (SSSR count). The summed E-state index contributed by atoms with van der Waals surface area (Å²) in [6, 6.07) is 12.6. The standard InChI is InChI=1S/C13H9N3O2/c17-16-12(10-4-2-1-3-5-10)15-18-13(16)11-6-8-14-9-7-11/h1-9H. The van der Waals surface area contributed by atoms with Crippen molar-refractivity contribution in [3.05, 3.63) is 60.1 Å². The summed E-state index contributed by atoms with van der Waals surface area (Å²) in [7, 11) is 0. The molecule has 88 valence electrons. The van der Waals surface area contributed by atoms with E-state index < -0.39 is 0 Å². The molecular weight excluding hydrogens is 230 g/mol. The van der Waals surface area contributed by atoms with Gasteiger partial charge in [-0.25, -0.2) is 4.52 Å². The summed E-state index contributed by atoms with van der Waals surface area (Å²) in [5, 5.41) is 15.9. The van der Waals surface area contributed by atoms with Crippen molar-refractivity contribution in [1.82, 2.24) is 10.1 Å². The first kappa shape index (κ1) is 10.5. The van der Waals surface area contributed by atoms with Crippen molar-refractivity contribution in [3.8, 4) is 22.8 Å². The van der Waals surface area contributed by atoms with E-state index in [9.17, 15) is 5.21 Å². The lowest BCUT2D eigenvalue weighted by Crippen LogP contribution is -2.29. The third kappa shape index (κ3) is 1.71. The summed E-state index contributed by atoms with van der Waals surface area (Å²) in [6.45, 7) is 0. The number of hydrogen-bond donors (Lipinski definition) is 0. The molecular formula is C13H9N3O2. The molecule has 0 atom stereocenters. The van der Waals surface area contributed by atoms with E-state index in [0.717, 1.165) is 5.56 Å². The van der Waals surface area contributed by atoms with Crippen LogP contribution in [0, 0.1) is 5.21 Å². The predicted molar refractivity (Wildman–Crippen MR) is 64.1 cm³/mol. The summed E-state index contributed by atoms with van der Waals surface area (Å²) in [4.78, 5) is 3.89. The normalized spacial score (nSPS) is 10.4. The molecule has 0 amide bonds. The van der Waals surface area contributed by atoms with Crippen molar-refractivity contribution < 1.29 is 9.25 Å². The zero-order chi connectivity index (χ0) is 12.4. The quantitative estimate of drug-likeness (QED) is 0.507. The van der Waals surface area contributed by atoms with E-state index >= 15 is 0 Å². The summed E-state index contributed by atoms with van der Waals surface area (Å²) in [6.07, 6.45) is 3.19. The van der Waals surface area contributed by atoms with E-state index in [4.69, 9.17) is 4.52 Å². The first-order valence-electron chi connectivity index (χ1n) is 5.41. The molecule has 0 fully saturated rings. The average molecular weight is 239 g/mol. The Morgan fingerprint density at radius 2 is 1.67 bits per heavy atom. The Kier molecular flexibility index (Phi) is 2.49. The Morgan fingerprint density at radius 3 is 2.39 bits per heavy atom. The van der Waals surface area contributed by atoms with Gasteiger partial charge in [0.2, 0.25) is 0 Å². The van der Waals surface area contributed by atoms with Crippen LogP contribution >= 0.6 is 0 Å². The lowest BCUT2D eigenvalue weighted by molar-refractivity contribution is -0.585. The zero-order valence-electron chi connectivity index (χ0n) is 9.35. The van der Waals surface area contributed by atoms with Crippen LogP contribution in [0.25, 0.3) is 22.8 Å². The minimum Gasteiger partial charge on any atom is -0.708 e. The lowest BCUT2D eigenvalue weighted by Gasteiger charge is -2.01. The molecule has 1 aromatic carbocycles. The van der Waals surface area contributed by atoms with Crippen LogP contribution in [0.2, 0.25) is 0 Å². The van der Waals surface area contributed by atoms with Gasteiger partial charge in [-0.1, -0.05) is 18.2 Å². The zero-order valence-corrected chi connectivity index (χ0v) is 9.35. The maximum Gasteiger partial charge on any atom is 0.383 e. The second kappa shape index (κ2) is 4.29. The van der Waals surface area contributed by atoms with Gasteiger partial charge >= 0.3 is 11.7 Å². The molecule has 0 aliphatic carbocycles. The molecule has 0 spiro atoms. The van der Waals surface area contributed by atoms with Crippen LogP contribution in [0.15, 0.2) is 59.4 Å². The number of rotatable bonds is 2. The minimum absolute atomic E-state index is 0.163. The predicted octanol–water partition coefficient (Wildman–Crippen LogP) is 2.04. The van der Waals surface area contributed by atoms with E-state index in [0.29, 0.717) is 10.3 Å². The Bertz CT molecular complexity index is 594. The minimum atomic E-state index is 0.163. The van der Waals surface area contributed by atoms with E-state index in [1.807, 2.05) is 30.3 Å². The fourth-order valence-corrected chi connectivity index (χ4v) is 1.68. The fraction of sp³-hybridized carbons (Fsp3) is 0. The highest BCUT2D eigenvalue weighted by Gasteiger charge is 2.21. The third-order valence-electron chi connectivity index (χ3n) is 2.55. The van der Waals surface area contributed by atoms with E-state index in [1.165, 1.54) is 0 Å². The SMILES string of the molecule is [O-][n+]1c(-c2ccccc2)noc1-c1ccncc1. The maximum atomic E-state index is 12.1. The summed E-state index contributed by atoms with van der Waals surface area (Å²) in [5.41, 5.74) is 1.37. The molecule has 2 aromatic heterocycles. The van der Waals surface area contributed by atoms with Gasteiger partial charge in [-0.05, 0) is 24.3 Å². The van der Waals surface area contributed by atoms with Gasteiger partial charge < -0.3 is 5.21 Å². The monoisotopic (exact) mass is 239 g/mol. The van der Waals surface area contributed by atoms with Crippen molar-refractivity contribution in [3.63, 3.8) is 0 Å². The number of benzene rings is 1. The van der Waals surface area contributed by atoms with Gasteiger partial charge in [0.15, 0.2) is 5.16 Å². The lowest BCUT2D eigenvalue weighted by atomic mass is 10.2. The molecule has 0 aliphatic heterocycles. The van der Waals surface area contributed by atoms with Crippen LogP contribution in [0.3, 0.4) is 0 Å². The van der Waals surface area contributed by atoms with Crippen molar-refractivity contribution in [2.24, 2.45) is 0 Å². The van der Waals surface area contributed by atoms with Crippen LogP contribution in [-0.4, -0.2) is 10.1 Å². The molecule has 0 radical (unpaired) electrons. The van der Waals surface area contributed by atoms with Crippen LogP contribution in [-0.2, 0) is 0 Å². The summed E-state index contributed by atoms with van der Waals surface area (Å²) >= 11 is 0. The third-order valence-corrected chi connectivity index (χ3v) is 2.55. The average Bonchev–Trinajstić information content (AvgIpc) is 2.83. The Hall–Kier alpha value is -2.69. The van der Waals surface area contributed by atoms with Crippen molar-refractivity contribution in [2.75, 3.05) is 0 Å². The second-order valence-electron chi connectivity index (χ2n) is 3.71. The highest BCUT2D eigenvalue weighted by Crippen LogP contribution is 2.19. The molecule has 5 nitrogen and oxygen atoms in total. The fourth-order valence-electron chi connectivity index (χ4n) is 1.68. The van der Waals surface area contributed by atoms with Crippen LogP contribution < -0.4 is 4.73 Å². The Balaban J connectivity index is 2.09. The molecule has 0 N–H and O–H groups in total. The molecule has 0 unspecified atom stereocenters. The van der Waals surface area contributed by atoms with E-state index in [2.05, 4.69) is 10.1 Å². The van der Waals surface area contributed by atoms with Crippen LogP contribution in [0.4, 0.5) is 0 Å². The molecule has 5 heteroatoms. The molecule has 0 saturated heterocycles. The van der Waals surface area contributed by atoms with Crippen LogP contribution in [0.5, 0.6) is 0 Å². The highest BCUT2D eigenvalue weighted by atomic mass is 16.5. The highest BCUT2D eigenvalue weighted by molar-refractivity contribution is 5.54. The summed E-state index contributed by atoms with van der Waals surface area (Å²) < 4.78 is 5.79. The van der Waals surface area contributed by atoms with Crippen LogP contribution in [0.1, 0.15) is 0 Å². The summed E-state index contributed by atoms with van der Waals surface area (Å²) in [5.74, 6) is 0.415. The van der Waals surface area contributed by atoms with Gasteiger partial charge in [0.25, 0.3) is 0 Å². The largest absolute Gasteiger partial charge is 0.708 e. The number of aromatic nitrogens is 3.